The van der Waals surface area contributed by atoms with Crippen LogP contribution >= 0.6 is 0 Å². The van der Waals surface area contributed by atoms with Crippen molar-refractivity contribution >= 4 is 6.09 Å². The molecule has 0 N–H and O–H groups in total. The molecule has 0 saturated carbocycles. The largest absolute Gasteiger partial charge is 0.444 e. The van der Waals surface area contributed by atoms with E-state index in [9.17, 15) is 4.79 Å². The van der Waals surface area contributed by atoms with Crippen molar-refractivity contribution in [2.75, 3.05) is 46.3 Å². The van der Waals surface area contributed by atoms with E-state index in [4.69, 9.17) is 4.74 Å². The molecule has 0 aliphatic carbocycles. The van der Waals surface area contributed by atoms with Crippen LogP contribution in [-0.2, 0) is 4.74 Å². The highest BCUT2D eigenvalue weighted by Gasteiger charge is 2.30. The first kappa shape index (κ1) is 19.2. The quantitative estimate of drug-likeness (QED) is 0.781. The van der Waals surface area contributed by atoms with Crippen molar-refractivity contribution in [1.29, 1.82) is 0 Å². The molecule has 1 amide bonds. The van der Waals surface area contributed by atoms with Crippen LogP contribution in [0, 0.1) is 5.92 Å². The van der Waals surface area contributed by atoms with Crippen LogP contribution in [0.25, 0.3) is 0 Å². The molecule has 1 saturated heterocycles. The van der Waals surface area contributed by atoms with Crippen LogP contribution in [0.4, 0.5) is 4.79 Å². The summed E-state index contributed by atoms with van der Waals surface area (Å²) in [5, 5.41) is 0. The second-order valence-electron chi connectivity index (χ2n) is 7.67. The number of ether oxygens (including phenoxy) is 1. The molecule has 0 radical (unpaired) electrons. The zero-order chi connectivity index (χ0) is 16.9. The average Bonchev–Trinajstić information content (AvgIpc) is 2.42. The molecule has 0 aromatic rings. The van der Waals surface area contributed by atoms with Gasteiger partial charge in [0.2, 0.25) is 0 Å². The minimum Gasteiger partial charge on any atom is -0.444 e. The monoisotopic (exact) mass is 313 g/mol. The van der Waals surface area contributed by atoms with E-state index in [1.54, 1.807) is 0 Å². The van der Waals surface area contributed by atoms with Crippen molar-refractivity contribution in [3.8, 4) is 0 Å². The molecular weight excluding hydrogens is 278 g/mol. The van der Waals surface area contributed by atoms with Gasteiger partial charge in [0.1, 0.15) is 5.60 Å². The van der Waals surface area contributed by atoms with Gasteiger partial charge in [-0.3, -0.25) is 4.90 Å². The Balaban J connectivity index is 2.53. The first-order valence-corrected chi connectivity index (χ1v) is 8.54. The SMILES string of the molecule is CCN(C)CC(C(C)C)N1CCN(C(=O)OC(C)(C)C)CC1. The number of amides is 1. The third-order valence-corrected chi connectivity index (χ3v) is 4.24. The van der Waals surface area contributed by atoms with E-state index in [0.717, 1.165) is 39.3 Å². The van der Waals surface area contributed by atoms with Crippen molar-refractivity contribution in [2.45, 2.75) is 53.2 Å². The van der Waals surface area contributed by atoms with E-state index < -0.39 is 5.60 Å². The fourth-order valence-corrected chi connectivity index (χ4v) is 2.76. The molecule has 130 valence electrons. The number of carbonyl (C=O) groups is 1. The molecule has 1 rings (SSSR count). The number of piperazine rings is 1. The van der Waals surface area contributed by atoms with E-state index in [1.165, 1.54) is 0 Å². The number of hydrogen-bond acceptors (Lipinski definition) is 4. The van der Waals surface area contributed by atoms with E-state index in [0.29, 0.717) is 12.0 Å². The standard InChI is InChI=1S/C17H35N3O2/c1-8-18(7)13-15(14(2)3)19-9-11-20(12-10-19)16(21)22-17(4,5)6/h14-15H,8-13H2,1-7H3. The van der Waals surface area contributed by atoms with Gasteiger partial charge in [-0.1, -0.05) is 20.8 Å². The van der Waals surface area contributed by atoms with Crippen molar-refractivity contribution in [2.24, 2.45) is 5.92 Å². The molecule has 1 fully saturated rings. The average molecular weight is 313 g/mol. The smallest absolute Gasteiger partial charge is 0.410 e. The predicted molar refractivity (Wildman–Crippen MR) is 91.2 cm³/mol. The van der Waals surface area contributed by atoms with Crippen LogP contribution in [0.1, 0.15) is 41.5 Å². The van der Waals surface area contributed by atoms with E-state index in [1.807, 2.05) is 25.7 Å². The van der Waals surface area contributed by atoms with Gasteiger partial charge < -0.3 is 14.5 Å². The summed E-state index contributed by atoms with van der Waals surface area (Å²) in [6, 6.07) is 0.547. The Hall–Kier alpha value is -0.810. The maximum Gasteiger partial charge on any atom is 0.410 e. The van der Waals surface area contributed by atoms with Crippen molar-refractivity contribution in [3.05, 3.63) is 0 Å². The van der Waals surface area contributed by atoms with Gasteiger partial charge in [0.15, 0.2) is 0 Å². The van der Waals surface area contributed by atoms with Crippen LogP contribution in [-0.4, -0.2) is 78.8 Å². The zero-order valence-corrected chi connectivity index (χ0v) is 15.6. The Labute approximate surface area is 136 Å². The van der Waals surface area contributed by atoms with Crippen LogP contribution in [0.3, 0.4) is 0 Å². The minimum atomic E-state index is -0.418. The van der Waals surface area contributed by atoms with Gasteiger partial charge in [-0.05, 0) is 40.3 Å². The molecule has 5 nitrogen and oxygen atoms in total. The molecular formula is C17H35N3O2. The first-order chi connectivity index (χ1) is 10.1. The lowest BCUT2D eigenvalue weighted by Gasteiger charge is -2.42. The molecule has 0 spiro atoms. The maximum absolute atomic E-state index is 12.1. The zero-order valence-electron chi connectivity index (χ0n) is 15.6. The summed E-state index contributed by atoms with van der Waals surface area (Å²) < 4.78 is 5.46. The van der Waals surface area contributed by atoms with Crippen LogP contribution in [0.2, 0.25) is 0 Å². The van der Waals surface area contributed by atoms with Gasteiger partial charge in [-0.15, -0.1) is 0 Å². The Morgan fingerprint density at radius 1 is 1.18 bits per heavy atom. The fraction of sp³-hybridized carbons (Fsp3) is 0.941. The van der Waals surface area contributed by atoms with E-state index >= 15 is 0 Å². The van der Waals surface area contributed by atoms with E-state index in [-0.39, 0.29) is 6.09 Å². The summed E-state index contributed by atoms with van der Waals surface area (Å²) in [6.07, 6.45) is -0.182. The predicted octanol–water partition coefficient (Wildman–Crippen LogP) is 2.52. The summed E-state index contributed by atoms with van der Waals surface area (Å²) in [6.45, 7) is 18.0. The van der Waals surface area contributed by atoms with Crippen LogP contribution in [0.5, 0.6) is 0 Å². The lowest BCUT2D eigenvalue weighted by molar-refractivity contribution is 0.00530. The van der Waals surface area contributed by atoms with Crippen molar-refractivity contribution in [3.63, 3.8) is 0 Å². The molecule has 22 heavy (non-hydrogen) atoms. The topological polar surface area (TPSA) is 36.0 Å². The summed E-state index contributed by atoms with van der Waals surface area (Å²) in [5.74, 6) is 0.613. The van der Waals surface area contributed by atoms with Gasteiger partial charge in [-0.25, -0.2) is 4.79 Å². The second-order valence-corrected chi connectivity index (χ2v) is 7.67. The molecule has 1 atom stereocenters. The summed E-state index contributed by atoms with van der Waals surface area (Å²) in [7, 11) is 2.17. The maximum atomic E-state index is 12.1. The molecule has 5 heteroatoms. The molecule has 1 heterocycles. The summed E-state index contributed by atoms with van der Waals surface area (Å²) >= 11 is 0. The van der Waals surface area contributed by atoms with Crippen molar-refractivity contribution in [1.82, 2.24) is 14.7 Å². The van der Waals surface area contributed by atoms with Gasteiger partial charge >= 0.3 is 6.09 Å². The Morgan fingerprint density at radius 2 is 1.73 bits per heavy atom. The highest BCUT2D eigenvalue weighted by molar-refractivity contribution is 5.68. The van der Waals surface area contributed by atoms with Crippen molar-refractivity contribution < 1.29 is 9.53 Å². The highest BCUT2D eigenvalue weighted by atomic mass is 16.6. The number of likely N-dealkylation sites (N-methyl/N-ethyl adjacent to an activating group) is 1. The lowest BCUT2D eigenvalue weighted by atomic mass is 10.0. The first-order valence-electron chi connectivity index (χ1n) is 8.54. The Bertz CT molecular complexity index is 344. The van der Waals surface area contributed by atoms with Gasteiger partial charge in [-0.2, -0.15) is 0 Å². The second kappa shape index (κ2) is 8.16. The third-order valence-electron chi connectivity index (χ3n) is 4.24. The van der Waals surface area contributed by atoms with Gasteiger partial charge in [0.05, 0.1) is 0 Å². The van der Waals surface area contributed by atoms with Gasteiger partial charge in [0.25, 0.3) is 0 Å². The third kappa shape index (κ3) is 6.13. The number of hydrogen-bond donors (Lipinski definition) is 0. The molecule has 0 bridgehead atoms. The van der Waals surface area contributed by atoms with Gasteiger partial charge in [0, 0.05) is 38.8 Å². The molecule has 0 aromatic carbocycles. The molecule has 1 aliphatic rings. The number of rotatable bonds is 5. The molecule has 0 aromatic heterocycles. The summed E-state index contributed by atoms with van der Waals surface area (Å²) in [5.41, 5.74) is -0.418. The highest BCUT2D eigenvalue weighted by Crippen LogP contribution is 2.17. The number of nitrogens with zero attached hydrogens (tertiary/aromatic N) is 3. The van der Waals surface area contributed by atoms with Crippen LogP contribution in [0.15, 0.2) is 0 Å². The normalized spacial score (nSPS) is 18.9. The number of carbonyl (C=O) groups excluding carboxylic acids is 1. The van der Waals surface area contributed by atoms with E-state index in [2.05, 4.69) is 37.6 Å². The molecule has 1 aliphatic heterocycles. The Kier molecular flexibility index (Phi) is 7.13. The minimum absolute atomic E-state index is 0.182. The fourth-order valence-electron chi connectivity index (χ4n) is 2.76. The Morgan fingerprint density at radius 3 is 2.14 bits per heavy atom. The van der Waals surface area contributed by atoms with Crippen LogP contribution < -0.4 is 0 Å². The summed E-state index contributed by atoms with van der Waals surface area (Å²) in [4.78, 5) is 18.9. The molecule has 1 unspecified atom stereocenters. The lowest BCUT2D eigenvalue weighted by Crippen LogP contribution is -2.56.